The molecule has 0 aromatic heterocycles. The second-order valence-corrected chi connectivity index (χ2v) is 8.02. The molecular formula is C23H37N5O5. The van der Waals surface area contributed by atoms with E-state index in [1.165, 1.54) is 20.9 Å². The van der Waals surface area contributed by atoms with E-state index < -0.39 is 36.0 Å². The normalized spacial score (nSPS) is 14.3. The molecule has 0 aliphatic carbocycles. The fourth-order valence-corrected chi connectivity index (χ4v) is 3.35. The third kappa shape index (κ3) is 10.9. The Morgan fingerprint density at radius 1 is 1.00 bits per heavy atom. The van der Waals surface area contributed by atoms with E-state index in [1.807, 2.05) is 30.3 Å². The number of nitrogens with one attached hydrogen (secondary N) is 4. The molecule has 4 atom stereocenters. The van der Waals surface area contributed by atoms with Crippen LogP contribution in [0.2, 0.25) is 0 Å². The average Bonchev–Trinajstić information content (AvgIpc) is 2.77. The summed E-state index contributed by atoms with van der Waals surface area (Å²) in [4.78, 5) is 48.5. The molecule has 0 saturated heterocycles. The van der Waals surface area contributed by atoms with Crippen LogP contribution in [-0.4, -0.2) is 66.6 Å². The third-order valence-electron chi connectivity index (χ3n) is 5.14. The van der Waals surface area contributed by atoms with Crippen molar-refractivity contribution in [1.29, 1.82) is 0 Å². The first-order valence-electron chi connectivity index (χ1n) is 11.2. The SMILES string of the molecule is CNC(=O)[C@H](CCCCN)NC(=O)C[C@H](O)[C@H](Cc1ccccc1)NC(=O)[C@H](C)NC(C)=O. The maximum absolute atomic E-state index is 12.6. The summed E-state index contributed by atoms with van der Waals surface area (Å²) in [5.41, 5.74) is 6.36. The van der Waals surface area contributed by atoms with Crippen LogP contribution >= 0.6 is 0 Å². The number of carbonyl (C=O) groups excluding carboxylic acids is 4. The molecular weight excluding hydrogens is 426 g/mol. The van der Waals surface area contributed by atoms with Crippen LogP contribution in [-0.2, 0) is 25.6 Å². The highest BCUT2D eigenvalue weighted by Crippen LogP contribution is 2.10. The Morgan fingerprint density at radius 2 is 1.67 bits per heavy atom. The number of carbonyl (C=O) groups is 4. The minimum Gasteiger partial charge on any atom is -0.390 e. The molecule has 10 nitrogen and oxygen atoms in total. The summed E-state index contributed by atoms with van der Waals surface area (Å²) in [6, 6.07) is 6.90. The van der Waals surface area contributed by atoms with Gasteiger partial charge in [0, 0.05) is 14.0 Å². The summed E-state index contributed by atoms with van der Waals surface area (Å²) >= 11 is 0. The van der Waals surface area contributed by atoms with Crippen LogP contribution in [0.25, 0.3) is 0 Å². The number of unbranched alkanes of at least 4 members (excludes halogenated alkanes) is 1. The van der Waals surface area contributed by atoms with Gasteiger partial charge < -0.3 is 32.1 Å². The Bertz CT molecular complexity index is 774. The zero-order chi connectivity index (χ0) is 24.8. The van der Waals surface area contributed by atoms with Gasteiger partial charge >= 0.3 is 0 Å². The summed E-state index contributed by atoms with van der Waals surface area (Å²) in [5, 5.41) is 21.2. The lowest BCUT2D eigenvalue weighted by Crippen LogP contribution is -2.53. The average molecular weight is 464 g/mol. The standard InChI is InChI=1S/C23H37N5O5/c1-15(26-16(2)29)22(32)28-19(13-17-9-5-4-6-10-17)20(30)14-21(31)27-18(23(33)25-3)11-7-8-12-24/h4-6,9-10,15,18-20,30H,7-8,11-14,24H2,1-3H3,(H,25,33)(H,26,29)(H,27,31)(H,28,32)/t15-,18-,19-,20-/m0/s1. The fourth-order valence-electron chi connectivity index (χ4n) is 3.35. The van der Waals surface area contributed by atoms with Gasteiger partial charge in [-0.1, -0.05) is 30.3 Å². The zero-order valence-electron chi connectivity index (χ0n) is 19.6. The van der Waals surface area contributed by atoms with E-state index in [0.717, 1.165) is 12.0 Å². The van der Waals surface area contributed by atoms with E-state index >= 15 is 0 Å². The van der Waals surface area contributed by atoms with Gasteiger partial charge in [0.2, 0.25) is 23.6 Å². The summed E-state index contributed by atoms with van der Waals surface area (Å²) in [6.07, 6.45) is 0.583. The highest BCUT2D eigenvalue weighted by atomic mass is 16.3. The lowest BCUT2D eigenvalue weighted by Gasteiger charge is -2.26. The van der Waals surface area contributed by atoms with Crippen LogP contribution in [0.3, 0.4) is 0 Å². The van der Waals surface area contributed by atoms with Gasteiger partial charge in [-0.2, -0.15) is 0 Å². The Labute approximate surface area is 195 Å². The molecule has 10 heteroatoms. The first-order valence-corrected chi connectivity index (χ1v) is 11.2. The van der Waals surface area contributed by atoms with Gasteiger partial charge in [-0.05, 0) is 44.7 Å². The predicted octanol–water partition coefficient (Wildman–Crippen LogP) is -0.651. The number of rotatable bonds is 14. The first kappa shape index (κ1) is 28.1. The van der Waals surface area contributed by atoms with E-state index in [9.17, 15) is 24.3 Å². The molecule has 0 fully saturated rings. The molecule has 0 radical (unpaired) electrons. The maximum atomic E-state index is 12.6. The Morgan fingerprint density at radius 3 is 2.24 bits per heavy atom. The highest BCUT2D eigenvalue weighted by molar-refractivity contribution is 5.88. The van der Waals surface area contributed by atoms with Crippen LogP contribution in [0.4, 0.5) is 0 Å². The Kier molecular flexibility index (Phi) is 12.7. The smallest absolute Gasteiger partial charge is 0.242 e. The molecule has 0 heterocycles. The van der Waals surface area contributed by atoms with Crippen LogP contribution in [0.1, 0.15) is 45.1 Å². The van der Waals surface area contributed by atoms with Crippen molar-refractivity contribution in [1.82, 2.24) is 21.3 Å². The third-order valence-corrected chi connectivity index (χ3v) is 5.14. The highest BCUT2D eigenvalue weighted by Gasteiger charge is 2.28. The summed E-state index contributed by atoms with van der Waals surface area (Å²) in [5.74, 6) is -1.66. The lowest BCUT2D eigenvalue weighted by atomic mass is 9.98. The molecule has 0 aliphatic heterocycles. The molecule has 0 aliphatic rings. The number of hydrogen-bond donors (Lipinski definition) is 6. The fraction of sp³-hybridized carbons (Fsp3) is 0.565. The number of nitrogens with two attached hydrogens (primary N) is 1. The van der Waals surface area contributed by atoms with Gasteiger partial charge in [-0.15, -0.1) is 0 Å². The molecule has 7 N–H and O–H groups in total. The van der Waals surface area contributed by atoms with E-state index in [0.29, 0.717) is 19.4 Å². The van der Waals surface area contributed by atoms with Crippen LogP contribution in [0, 0.1) is 0 Å². The number of aliphatic hydroxyl groups is 1. The minimum absolute atomic E-state index is 0.281. The second kappa shape index (κ2) is 15.0. The van der Waals surface area contributed by atoms with Gasteiger partial charge in [-0.3, -0.25) is 19.2 Å². The number of hydrogen-bond acceptors (Lipinski definition) is 6. The van der Waals surface area contributed by atoms with Crippen molar-refractivity contribution in [3.05, 3.63) is 35.9 Å². The Hall–Kier alpha value is -2.98. The topological polar surface area (TPSA) is 163 Å². The molecule has 0 bridgehead atoms. The van der Waals surface area contributed by atoms with E-state index in [-0.39, 0.29) is 24.7 Å². The quantitative estimate of drug-likeness (QED) is 0.201. The van der Waals surface area contributed by atoms with Crippen molar-refractivity contribution in [3.63, 3.8) is 0 Å². The number of amides is 4. The molecule has 4 amide bonds. The first-order chi connectivity index (χ1) is 15.7. The van der Waals surface area contributed by atoms with Crippen molar-refractivity contribution in [2.75, 3.05) is 13.6 Å². The molecule has 1 rings (SSSR count). The Balaban J connectivity index is 2.86. The number of likely N-dealkylation sites (N-methyl/N-ethyl adjacent to an activating group) is 1. The molecule has 0 unspecified atom stereocenters. The van der Waals surface area contributed by atoms with E-state index in [1.54, 1.807) is 0 Å². The molecule has 0 spiro atoms. The lowest BCUT2D eigenvalue weighted by molar-refractivity contribution is -0.131. The molecule has 33 heavy (non-hydrogen) atoms. The van der Waals surface area contributed by atoms with Crippen LogP contribution < -0.4 is 27.0 Å². The van der Waals surface area contributed by atoms with Crippen molar-refractivity contribution in [3.8, 4) is 0 Å². The molecule has 1 aromatic rings. The largest absolute Gasteiger partial charge is 0.390 e. The minimum atomic E-state index is -1.21. The van der Waals surface area contributed by atoms with Gasteiger partial charge in [0.15, 0.2) is 0 Å². The van der Waals surface area contributed by atoms with Crippen LogP contribution in [0.5, 0.6) is 0 Å². The monoisotopic (exact) mass is 463 g/mol. The predicted molar refractivity (Wildman–Crippen MR) is 125 cm³/mol. The van der Waals surface area contributed by atoms with Crippen molar-refractivity contribution in [2.24, 2.45) is 5.73 Å². The summed E-state index contributed by atoms with van der Waals surface area (Å²) < 4.78 is 0. The second-order valence-electron chi connectivity index (χ2n) is 8.02. The summed E-state index contributed by atoms with van der Waals surface area (Å²) in [6.45, 7) is 3.33. The van der Waals surface area contributed by atoms with Crippen molar-refractivity contribution < 1.29 is 24.3 Å². The number of aliphatic hydroxyl groups excluding tert-OH is 1. The van der Waals surface area contributed by atoms with Crippen molar-refractivity contribution in [2.45, 2.75) is 70.2 Å². The van der Waals surface area contributed by atoms with Gasteiger partial charge in [0.25, 0.3) is 0 Å². The van der Waals surface area contributed by atoms with Crippen LogP contribution in [0.15, 0.2) is 30.3 Å². The van der Waals surface area contributed by atoms with Gasteiger partial charge in [-0.25, -0.2) is 0 Å². The van der Waals surface area contributed by atoms with Crippen molar-refractivity contribution >= 4 is 23.6 Å². The zero-order valence-corrected chi connectivity index (χ0v) is 19.6. The van der Waals surface area contributed by atoms with Gasteiger partial charge in [0.1, 0.15) is 12.1 Å². The van der Waals surface area contributed by atoms with E-state index in [4.69, 9.17) is 5.73 Å². The molecule has 0 saturated carbocycles. The van der Waals surface area contributed by atoms with Gasteiger partial charge in [0.05, 0.1) is 18.6 Å². The number of benzene rings is 1. The molecule has 184 valence electrons. The molecule has 1 aromatic carbocycles. The van der Waals surface area contributed by atoms with E-state index in [2.05, 4.69) is 21.3 Å². The maximum Gasteiger partial charge on any atom is 0.242 e. The summed E-state index contributed by atoms with van der Waals surface area (Å²) in [7, 11) is 1.49.